The Morgan fingerprint density at radius 1 is 0.696 bits per heavy atom. The second kappa shape index (κ2) is 20.2. The van der Waals surface area contributed by atoms with Crippen LogP contribution in [0.15, 0.2) is 30.6 Å². The number of cyclic esters (lactones) is 1. The van der Waals surface area contributed by atoms with Crippen molar-refractivity contribution in [2.24, 2.45) is 0 Å². The Morgan fingerprint density at radius 2 is 1.20 bits per heavy atom. The Labute approximate surface area is 283 Å². The largest absolute Gasteiger partial charge is 0.493 e. The van der Waals surface area contributed by atoms with E-state index in [0.29, 0.717) is 17.1 Å². The second-order valence-corrected chi connectivity index (χ2v) is 12.5. The number of halogens is 1. The molecule has 0 bridgehead atoms. The maximum absolute atomic E-state index is 12.9. The predicted octanol–water partition coefficient (Wildman–Crippen LogP) is 10.5. The van der Waals surface area contributed by atoms with Crippen molar-refractivity contribution < 1.29 is 19.0 Å². The highest BCUT2D eigenvalue weighted by atomic mass is 35.5. The number of rotatable bonds is 22. The van der Waals surface area contributed by atoms with Gasteiger partial charge in [0.05, 0.1) is 19.8 Å². The summed E-state index contributed by atoms with van der Waals surface area (Å²) < 4.78 is 16.6. The van der Waals surface area contributed by atoms with Crippen LogP contribution in [-0.4, -0.2) is 43.2 Å². The zero-order valence-electron chi connectivity index (χ0n) is 28.7. The topological polar surface area (TPSA) is 73.8 Å². The molecule has 0 aliphatic carbocycles. The lowest BCUT2D eigenvalue weighted by Gasteiger charge is -2.23. The zero-order chi connectivity index (χ0) is 31.9. The smallest absolute Gasteiger partial charge is 0.339 e. The lowest BCUT2D eigenvalue weighted by molar-refractivity contribution is 0.0535. The maximum Gasteiger partial charge on any atom is 0.339 e. The van der Waals surface area contributed by atoms with E-state index >= 15 is 0 Å². The first kappa shape index (κ1) is 37.4. The molecule has 0 saturated heterocycles. The molecular formula is C38H56ClN3O4. The molecule has 8 heteroatoms. The van der Waals surface area contributed by atoms with Crippen molar-refractivity contribution in [2.75, 3.05) is 32.2 Å². The molecule has 1 aromatic heterocycles. The average Bonchev–Trinajstić information content (AvgIpc) is 3.44. The molecule has 0 fully saturated rings. The van der Waals surface area contributed by atoms with Crippen LogP contribution >= 0.6 is 12.4 Å². The Hall–Kier alpha value is -3.06. The number of ether oxygens (including phenoxy) is 3. The van der Waals surface area contributed by atoms with Crippen molar-refractivity contribution in [3.8, 4) is 22.6 Å². The monoisotopic (exact) mass is 653 g/mol. The average molecular weight is 654 g/mol. The van der Waals surface area contributed by atoms with Crippen LogP contribution in [0, 0.1) is 0 Å². The van der Waals surface area contributed by atoms with Gasteiger partial charge in [-0.15, -0.1) is 12.4 Å². The third kappa shape index (κ3) is 10.2. The van der Waals surface area contributed by atoms with Crippen molar-refractivity contribution in [3.63, 3.8) is 0 Å². The van der Waals surface area contributed by atoms with Gasteiger partial charge in [0.1, 0.15) is 6.61 Å². The van der Waals surface area contributed by atoms with E-state index in [1.165, 1.54) is 89.9 Å². The molecule has 1 aliphatic rings. The first-order chi connectivity index (χ1) is 22.1. The first-order valence-corrected chi connectivity index (χ1v) is 17.6. The number of esters is 1. The van der Waals surface area contributed by atoms with Crippen LogP contribution in [0.4, 0.5) is 5.95 Å². The fraction of sp³-hybridized carbons (Fsp3) is 0.605. The number of anilines is 1. The van der Waals surface area contributed by atoms with E-state index in [2.05, 4.69) is 18.7 Å². The maximum atomic E-state index is 12.9. The predicted molar refractivity (Wildman–Crippen MR) is 192 cm³/mol. The van der Waals surface area contributed by atoms with E-state index in [1.807, 2.05) is 30.6 Å². The highest BCUT2D eigenvalue weighted by Gasteiger charge is 2.29. The number of unbranched alkanes of at least 4 members (excludes halogenated alkanes) is 14. The summed E-state index contributed by atoms with van der Waals surface area (Å²) in [6.07, 6.45) is 24.5. The molecule has 7 nitrogen and oxygen atoms in total. The van der Waals surface area contributed by atoms with Gasteiger partial charge in [-0.1, -0.05) is 104 Å². The van der Waals surface area contributed by atoms with Gasteiger partial charge in [-0.2, -0.15) is 0 Å². The third-order valence-corrected chi connectivity index (χ3v) is 9.06. The van der Waals surface area contributed by atoms with E-state index in [0.717, 1.165) is 59.3 Å². The van der Waals surface area contributed by atoms with Gasteiger partial charge in [-0.3, -0.25) is 0 Å². The number of benzene rings is 2. The third-order valence-electron chi connectivity index (χ3n) is 9.06. The lowest BCUT2D eigenvalue weighted by Crippen LogP contribution is -2.27. The van der Waals surface area contributed by atoms with Crippen molar-refractivity contribution in [3.05, 3.63) is 41.7 Å². The summed E-state index contributed by atoms with van der Waals surface area (Å²) in [6, 6.07) is 5.89. The van der Waals surface area contributed by atoms with E-state index in [9.17, 15) is 4.79 Å². The van der Waals surface area contributed by atoms with Gasteiger partial charge >= 0.3 is 5.97 Å². The van der Waals surface area contributed by atoms with Crippen LogP contribution in [-0.2, 0) is 11.3 Å². The number of carbonyl (C=O) groups is 1. The van der Waals surface area contributed by atoms with Crippen molar-refractivity contribution in [1.82, 2.24) is 9.97 Å². The summed E-state index contributed by atoms with van der Waals surface area (Å²) in [5.74, 6) is 1.71. The molecule has 3 aromatic rings. The minimum atomic E-state index is -0.313. The summed E-state index contributed by atoms with van der Waals surface area (Å²) in [7, 11) is 3.25. The van der Waals surface area contributed by atoms with Crippen LogP contribution in [0.1, 0.15) is 133 Å². The molecule has 254 valence electrons. The molecule has 1 aliphatic heterocycles. The standard InChI is InChI=1S/C38H55N3O4.ClH/c1-5-7-9-11-13-15-17-19-21-41(22-20-18-16-14-12-10-8-6-2)38-39-26-31(27-40-38)35-32-25-34(44-4)33(43-3)24-29(32)23-30-28-45-37(42)36(30)35;/h23-27H,5-22,28H2,1-4H3;1H. The van der Waals surface area contributed by atoms with Crippen LogP contribution in [0.3, 0.4) is 0 Å². The molecule has 0 N–H and O–H groups in total. The fourth-order valence-corrected chi connectivity index (χ4v) is 6.45. The molecule has 0 unspecified atom stereocenters. The van der Waals surface area contributed by atoms with Gasteiger partial charge in [0.25, 0.3) is 0 Å². The van der Waals surface area contributed by atoms with E-state index in [4.69, 9.17) is 24.2 Å². The van der Waals surface area contributed by atoms with Crippen LogP contribution < -0.4 is 14.4 Å². The highest BCUT2D eigenvalue weighted by Crippen LogP contribution is 2.42. The van der Waals surface area contributed by atoms with E-state index in [-0.39, 0.29) is 25.0 Å². The minimum Gasteiger partial charge on any atom is -0.493 e. The van der Waals surface area contributed by atoms with Gasteiger partial charge in [0, 0.05) is 42.2 Å². The van der Waals surface area contributed by atoms with Crippen LogP contribution in [0.2, 0.25) is 0 Å². The second-order valence-electron chi connectivity index (χ2n) is 12.5. The zero-order valence-corrected chi connectivity index (χ0v) is 29.5. The number of aromatic nitrogens is 2. The van der Waals surface area contributed by atoms with Gasteiger partial charge in [0.15, 0.2) is 11.5 Å². The Bertz CT molecular complexity index is 1330. The molecular weight excluding hydrogens is 598 g/mol. The molecule has 2 heterocycles. The van der Waals surface area contributed by atoms with E-state index < -0.39 is 0 Å². The Morgan fingerprint density at radius 3 is 1.72 bits per heavy atom. The molecule has 0 amide bonds. The number of nitrogens with zero attached hydrogens (tertiary/aromatic N) is 3. The first-order valence-electron chi connectivity index (χ1n) is 17.6. The van der Waals surface area contributed by atoms with Gasteiger partial charge in [-0.25, -0.2) is 14.8 Å². The Balaban J connectivity index is 0.00000576. The number of hydrogen-bond donors (Lipinski definition) is 0. The molecule has 2 aromatic carbocycles. The van der Waals surface area contributed by atoms with Crippen LogP contribution in [0.25, 0.3) is 21.9 Å². The summed E-state index contributed by atoms with van der Waals surface area (Å²) >= 11 is 0. The van der Waals surface area contributed by atoms with Crippen LogP contribution in [0.5, 0.6) is 11.5 Å². The molecule has 0 atom stereocenters. The summed E-state index contributed by atoms with van der Waals surface area (Å²) in [5.41, 5.74) is 3.03. The molecule has 4 rings (SSSR count). The summed E-state index contributed by atoms with van der Waals surface area (Å²) in [6.45, 7) is 6.74. The minimum absolute atomic E-state index is 0. The summed E-state index contributed by atoms with van der Waals surface area (Å²) in [5, 5.41) is 1.84. The van der Waals surface area contributed by atoms with Gasteiger partial charge in [-0.05, 0) is 41.8 Å². The van der Waals surface area contributed by atoms with Crippen molar-refractivity contribution in [2.45, 2.75) is 123 Å². The SMILES string of the molecule is CCCCCCCCCCN(CCCCCCCCCC)c1ncc(-c2c3c(cc4cc(OC)c(OC)cc24)COC3=O)cn1.Cl. The van der Waals surface area contributed by atoms with Gasteiger partial charge < -0.3 is 19.1 Å². The van der Waals surface area contributed by atoms with Gasteiger partial charge in [0.2, 0.25) is 5.95 Å². The Kier molecular flexibility index (Phi) is 16.5. The molecule has 46 heavy (non-hydrogen) atoms. The fourth-order valence-electron chi connectivity index (χ4n) is 6.45. The number of hydrogen-bond acceptors (Lipinski definition) is 7. The number of carbonyl (C=O) groups excluding carboxylic acids is 1. The highest BCUT2D eigenvalue weighted by molar-refractivity contribution is 6.11. The molecule has 0 saturated carbocycles. The quantitative estimate of drug-likeness (QED) is 0.0789. The summed E-state index contributed by atoms with van der Waals surface area (Å²) in [4.78, 5) is 25.1. The van der Waals surface area contributed by atoms with Crippen molar-refractivity contribution in [1.29, 1.82) is 0 Å². The lowest BCUT2D eigenvalue weighted by atomic mass is 9.91. The normalized spacial score (nSPS) is 12.1. The molecule has 0 spiro atoms. The number of fused-ring (bicyclic) bond motifs is 2. The van der Waals surface area contributed by atoms with Crippen molar-refractivity contribution >= 4 is 35.1 Å². The van der Waals surface area contributed by atoms with E-state index in [1.54, 1.807) is 14.2 Å². The molecule has 0 radical (unpaired) electrons. The number of methoxy groups -OCH3 is 2.